The molecule has 1 amide bonds. The van der Waals surface area contributed by atoms with Gasteiger partial charge in [0, 0.05) is 19.6 Å². The molecule has 0 bridgehead atoms. The van der Waals surface area contributed by atoms with E-state index < -0.39 is 6.10 Å². The van der Waals surface area contributed by atoms with Crippen LogP contribution in [0.25, 0.3) is 0 Å². The second-order valence-corrected chi connectivity index (χ2v) is 6.37. The van der Waals surface area contributed by atoms with Crippen molar-refractivity contribution in [2.45, 2.75) is 44.5 Å². The minimum Gasteiger partial charge on any atom is -0.392 e. The molecule has 2 fully saturated rings. The molecule has 0 aliphatic carbocycles. The standard InChI is InChI=1S/C17H25N3O2.2ClH/c21-15-9-16(18-11-15)17(22)19-10-13-3-5-14(6-4-13)12-20-7-1-2-8-20;;/h3-6,15-16,18,21H,1-2,7-12H2,(H,19,22);2*1H. The first-order valence-corrected chi connectivity index (χ1v) is 8.20. The van der Waals surface area contributed by atoms with Crippen molar-refractivity contribution < 1.29 is 9.90 Å². The third kappa shape index (κ3) is 5.90. The maximum atomic E-state index is 12.0. The highest BCUT2D eigenvalue weighted by atomic mass is 35.5. The number of nitrogens with one attached hydrogen (secondary N) is 2. The van der Waals surface area contributed by atoms with Crippen LogP contribution in [0.15, 0.2) is 24.3 Å². The van der Waals surface area contributed by atoms with E-state index in [1.54, 1.807) is 0 Å². The number of amides is 1. The summed E-state index contributed by atoms with van der Waals surface area (Å²) in [5.41, 5.74) is 2.44. The van der Waals surface area contributed by atoms with Gasteiger partial charge in [0.1, 0.15) is 0 Å². The van der Waals surface area contributed by atoms with Gasteiger partial charge in [-0.25, -0.2) is 0 Å². The summed E-state index contributed by atoms with van der Waals surface area (Å²) in [5, 5.41) is 15.4. The summed E-state index contributed by atoms with van der Waals surface area (Å²) in [5.74, 6) is -0.0299. The van der Waals surface area contributed by atoms with Gasteiger partial charge < -0.3 is 15.7 Å². The van der Waals surface area contributed by atoms with Crippen molar-refractivity contribution in [2.24, 2.45) is 0 Å². The molecule has 0 saturated carbocycles. The fraction of sp³-hybridized carbons (Fsp3) is 0.588. The lowest BCUT2D eigenvalue weighted by molar-refractivity contribution is -0.123. The van der Waals surface area contributed by atoms with Gasteiger partial charge in [0.25, 0.3) is 0 Å². The number of hydrogen-bond acceptors (Lipinski definition) is 4. The average Bonchev–Trinajstić information content (AvgIpc) is 3.18. The highest BCUT2D eigenvalue weighted by Gasteiger charge is 2.27. The highest BCUT2D eigenvalue weighted by Crippen LogP contribution is 2.13. The van der Waals surface area contributed by atoms with Crippen LogP contribution in [0.4, 0.5) is 0 Å². The minimum absolute atomic E-state index is 0. The third-order valence-corrected chi connectivity index (χ3v) is 4.52. The molecular formula is C17H27Cl2N3O2. The van der Waals surface area contributed by atoms with Crippen molar-refractivity contribution in [1.82, 2.24) is 15.5 Å². The van der Waals surface area contributed by atoms with Crippen molar-refractivity contribution >= 4 is 30.7 Å². The van der Waals surface area contributed by atoms with Gasteiger partial charge in [-0.3, -0.25) is 9.69 Å². The summed E-state index contributed by atoms with van der Waals surface area (Å²) in [6.07, 6.45) is 2.73. The third-order valence-electron chi connectivity index (χ3n) is 4.52. The van der Waals surface area contributed by atoms with Gasteiger partial charge in [-0.15, -0.1) is 24.8 Å². The molecule has 2 unspecified atom stereocenters. The van der Waals surface area contributed by atoms with E-state index in [0.29, 0.717) is 19.5 Å². The molecule has 2 atom stereocenters. The minimum atomic E-state index is -0.402. The van der Waals surface area contributed by atoms with E-state index in [4.69, 9.17) is 0 Å². The first-order valence-electron chi connectivity index (χ1n) is 8.20. The highest BCUT2D eigenvalue weighted by molar-refractivity contribution is 5.85. The van der Waals surface area contributed by atoms with Crippen molar-refractivity contribution in [3.05, 3.63) is 35.4 Å². The Morgan fingerprint density at radius 1 is 1.17 bits per heavy atom. The number of carbonyl (C=O) groups excluding carboxylic acids is 1. The molecule has 1 aromatic rings. The lowest BCUT2D eigenvalue weighted by Gasteiger charge is -2.15. The van der Waals surface area contributed by atoms with Crippen LogP contribution in [0.2, 0.25) is 0 Å². The largest absolute Gasteiger partial charge is 0.392 e. The molecular weight excluding hydrogens is 349 g/mol. The normalized spacial score (nSPS) is 23.4. The Morgan fingerprint density at radius 3 is 2.38 bits per heavy atom. The number of halogens is 2. The topological polar surface area (TPSA) is 64.6 Å². The maximum Gasteiger partial charge on any atom is 0.237 e. The van der Waals surface area contributed by atoms with E-state index in [9.17, 15) is 9.90 Å². The van der Waals surface area contributed by atoms with Crippen molar-refractivity contribution in [2.75, 3.05) is 19.6 Å². The second kappa shape index (κ2) is 10.2. The Kier molecular flexibility index (Phi) is 9.02. The molecule has 0 spiro atoms. The molecule has 2 saturated heterocycles. The predicted molar refractivity (Wildman–Crippen MR) is 99.7 cm³/mol. The van der Waals surface area contributed by atoms with Crippen LogP contribution in [-0.2, 0) is 17.9 Å². The van der Waals surface area contributed by atoms with Gasteiger partial charge in [0.15, 0.2) is 0 Å². The van der Waals surface area contributed by atoms with Crippen LogP contribution in [0.1, 0.15) is 30.4 Å². The van der Waals surface area contributed by atoms with Crippen LogP contribution in [0, 0.1) is 0 Å². The molecule has 3 rings (SSSR count). The van der Waals surface area contributed by atoms with Crippen molar-refractivity contribution in [3.63, 3.8) is 0 Å². The molecule has 2 heterocycles. The molecule has 3 N–H and O–H groups in total. The number of β-amino-alcohol motifs (C(OH)–C–C–N with tert-alkyl or cyclic N) is 1. The fourth-order valence-corrected chi connectivity index (χ4v) is 3.19. The Hall–Kier alpha value is -0.850. The summed E-state index contributed by atoms with van der Waals surface area (Å²) < 4.78 is 0. The summed E-state index contributed by atoms with van der Waals surface area (Å²) in [4.78, 5) is 14.4. The average molecular weight is 376 g/mol. The van der Waals surface area contributed by atoms with Crippen LogP contribution >= 0.6 is 24.8 Å². The Balaban J connectivity index is 0.00000144. The number of rotatable bonds is 5. The monoisotopic (exact) mass is 375 g/mol. The Morgan fingerprint density at radius 2 is 1.79 bits per heavy atom. The number of nitrogens with zero attached hydrogens (tertiary/aromatic N) is 1. The van der Waals surface area contributed by atoms with E-state index in [1.807, 2.05) is 0 Å². The zero-order chi connectivity index (χ0) is 15.4. The second-order valence-electron chi connectivity index (χ2n) is 6.37. The number of carbonyl (C=O) groups is 1. The number of aliphatic hydroxyl groups is 1. The number of hydrogen-bond donors (Lipinski definition) is 3. The predicted octanol–water partition coefficient (Wildman–Crippen LogP) is 1.46. The van der Waals surface area contributed by atoms with Gasteiger partial charge in [-0.1, -0.05) is 24.3 Å². The molecule has 136 valence electrons. The molecule has 2 aliphatic rings. The number of likely N-dealkylation sites (tertiary alicyclic amines) is 1. The summed E-state index contributed by atoms with van der Waals surface area (Å²) >= 11 is 0. The van der Waals surface area contributed by atoms with Crippen molar-refractivity contribution in [1.29, 1.82) is 0 Å². The van der Waals surface area contributed by atoms with Gasteiger partial charge in [0.05, 0.1) is 12.1 Å². The first kappa shape index (κ1) is 21.2. The van der Waals surface area contributed by atoms with Gasteiger partial charge in [-0.2, -0.15) is 0 Å². The molecule has 7 heteroatoms. The van der Waals surface area contributed by atoms with E-state index in [2.05, 4.69) is 39.8 Å². The SMILES string of the molecule is Cl.Cl.O=C(NCc1ccc(CN2CCCC2)cc1)C1CC(O)CN1. The Labute approximate surface area is 156 Å². The zero-order valence-corrected chi connectivity index (χ0v) is 15.4. The van der Waals surface area contributed by atoms with Gasteiger partial charge >= 0.3 is 0 Å². The quantitative estimate of drug-likeness (QED) is 0.728. The molecule has 1 aromatic carbocycles. The van der Waals surface area contributed by atoms with Crippen LogP contribution in [0.5, 0.6) is 0 Å². The van der Waals surface area contributed by atoms with Crippen LogP contribution < -0.4 is 10.6 Å². The van der Waals surface area contributed by atoms with E-state index in [1.165, 1.54) is 31.5 Å². The first-order chi connectivity index (χ1) is 10.7. The summed E-state index contributed by atoms with van der Waals surface area (Å²) in [7, 11) is 0. The van der Waals surface area contributed by atoms with E-state index in [0.717, 1.165) is 12.1 Å². The molecule has 2 aliphatic heterocycles. The molecule has 0 radical (unpaired) electrons. The number of benzene rings is 1. The lowest BCUT2D eigenvalue weighted by Crippen LogP contribution is -2.40. The maximum absolute atomic E-state index is 12.0. The Bertz CT molecular complexity index is 507. The molecule has 5 nitrogen and oxygen atoms in total. The van der Waals surface area contributed by atoms with E-state index >= 15 is 0 Å². The summed E-state index contributed by atoms with van der Waals surface area (Å²) in [6.45, 7) is 4.48. The van der Waals surface area contributed by atoms with Crippen LogP contribution in [-0.4, -0.2) is 47.7 Å². The van der Waals surface area contributed by atoms with E-state index in [-0.39, 0.29) is 36.8 Å². The zero-order valence-electron chi connectivity index (χ0n) is 13.7. The van der Waals surface area contributed by atoms with Crippen LogP contribution in [0.3, 0.4) is 0 Å². The summed E-state index contributed by atoms with van der Waals surface area (Å²) in [6, 6.07) is 8.21. The van der Waals surface area contributed by atoms with Gasteiger partial charge in [0.2, 0.25) is 5.91 Å². The fourth-order valence-electron chi connectivity index (χ4n) is 3.19. The molecule has 24 heavy (non-hydrogen) atoms. The van der Waals surface area contributed by atoms with Crippen molar-refractivity contribution in [3.8, 4) is 0 Å². The smallest absolute Gasteiger partial charge is 0.237 e. The molecule has 0 aromatic heterocycles. The number of aliphatic hydroxyl groups excluding tert-OH is 1. The van der Waals surface area contributed by atoms with Gasteiger partial charge in [-0.05, 0) is 43.5 Å². The lowest BCUT2D eigenvalue weighted by atomic mass is 10.1.